The summed E-state index contributed by atoms with van der Waals surface area (Å²) in [6, 6.07) is 7.54. The van der Waals surface area contributed by atoms with Crippen molar-refractivity contribution in [1.82, 2.24) is 0 Å². The molecule has 0 aliphatic carbocycles. The number of primary amides is 1. The van der Waals surface area contributed by atoms with Crippen LogP contribution in [0.4, 0.5) is 0 Å². The van der Waals surface area contributed by atoms with Crippen LogP contribution >= 0.6 is 0 Å². The van der Waals surface area contributed by atoms with Crippen LogP contribution in [0.1, 0.15) is 0 Å². The topological polar surface area (TPSA) is 77.2 Å². The molecule has 74 valence electrons. The fraction of sp³-hybridized carbons (Fsp3) is 0. The van der Waals surface area contributed by atoms with Gasteiger partial charge in [0, 0.05) is 0 Å². The molecule has 0 aromatic heterocycles. The predicted octanol–water partition coefficient (Wildman–Crippen LogP) is 0.459. The Labute approximate surface area is 82.0 Å². The van der Waals surface area contributed by atoms with Gasteiger partial charge in [0.05, 0.1) is 4.90 Å². The number of hydrogen-bond acceptors (Lipinski definition) is 3. The van der Waals surface area contributed by atoms with Gasteiger partial charge < -0.3 is 5.73 Å². The standard InChI is InChI=1S/C9H9NO3S/c1-7(9(10)11)14(12,13)8-5-3-2-4-6-8/h2-6H,1H2,(H2,10,11). The van der Waals surface area contributed by atoms with E-state index in [1.54, 1.807) is 18.2 Å². The van der Waals surface area contributed by atoms with E-state index >= 15 is 0 Å². The van der Waals surface area contributed by atoms with Crippen molar-refractivity contribution < 1.29 is 13.2 Å². The van der Waals surface area contributed by atoms with Crippen LogP contribution in [0, 0.1) is 0 Å². The Bertz CT molecular complexity index is 462. The summed E-state index contributed by atoms with van der Waals surface area (Å²) in [4.78, 5) is 10.1. The van der Waals surface area contributed by atoms with Gasteiger partial charge in [-0.3, -0.25) is 4.79 Å². The first-order chi connectivity index (χ1) is 6.46. The number of rotatable bonds is 3. The number of carbonyl (C=O) groups excluding carboxylic acids is 1. The Morgan fingerprint density at radius 1 is 1.21 bits per heavy atom. The maximum absolute atomic E-state index is 11.6. The number of sulfone groups is 1. The molecular formula is C9H9NO3S. The number of hydrogen-bond donors (Lipinski definition) is 1. The summed E-state index contributed by atoms with van der Waals surface area (Å²) in [6.07, 6.45) is 0. The molecule has 1 aromatic rings. The molecule has 0 spiro atoms. The molecule has 0 atom stereocenters. The lowest BCUT2D eigenvalue weighted by atomic mass is 10.4. The summed E-state index contributed by atoms with van der Waals surface area (Å²) in [6.45, 7) is 3.14. The average Bonchev–Trinajstić information content (AvgIpc) is 2.18. The van der Waals surface area contributed by atoms with Crippen molar-refractivity contribution in [2.24, 2.45) is 5.73 Å². The molecule has 0 aliphatic rings. The van der Waals surface area contributed by atoms with Crippen molar-refractivity contribution in [2.45, 2.75) is 4.90 Å². The van der Waals surface area contributed by atoms with E-state index in [4.69, 9.17) is 5.73 Å². The molecule has 0 bridgehead atoms. The van der Waals surface area contributed by atoms with Gasteiger partial charge in [-0.15, -0.1) is 0 Å². The molecule has 4 nitrogen and oxygen atoms in total. The third-order valence-corrected chi connectivity index (χ3v) is 3.40. The first-order valence-corrected chi connectivity index (χ1v) is 5.23. The maximum atomic E-state index is 11.6. The largest absolute Gasteiger partial charge is 0.365 e. The van der Waals surface area contributed by atoms with Crippen LogP contribution < -0.4 is 5.73 Å². The maximum Gasteiger partial charge on any atom is 0.260 e. The van der Waals surface area contributed by atoms with Gasteiger partial charge in [-0.25, -0.2) is 8.42 Å². The lowest BCUT2D eigenvalue weighted by molar-refractivity contribution is -0.113. The van der Waals surface area contributed by atoms with Crippen LogP contribution in [0.3, 0.4) is 0 Å². The van der Waals surface area contributed by atoms with E-state index in [-0.39, 0.29) is 4.90 Å². The Balaban J connectivity index is 3.23. The van der Waals surface area contributed by atoms with E-state index in [2.05, 4.69) is 6.58 Å². The van der Waals surface area contributed by atoms with Crippen LogP contribution in [0.5, 0.6) is 0 Å². The van der Waals surface area contributed by atoms with Gasteiger partial charge >= 0.3 is 0 Å². The second kappa shape index (κ2) is 3.63. The monoisotopic (exact) mass is 211 g/mol. The molecule has 0 aliphatic heterocycles. The number of nitrogens with two attached hydrogens (primary N) is 1. The molecular weight excluding hydrogens is 202 g/mol. The zero-order valence-corrected chi connectivity index (χ0v) is 8.12. The summed E-state index contributed by atoms with van der Waals surface area (Å²) >= 11 is 0. The summed E-state index contributed by atoms with van der Waals surface area (Å²) in [7, 11) is -3.81. The summed E-state index contributed by atoms with van der Waals surface area (Å²) in [5, 5.41) is 0. The third-order valence-electron chi connectivity index (χ3n) is 1.65. The number of carbonyl (C=O) groups is 1. The van der Waals surface area contributed by atoms with Crippen molar-refractivity contribution >= 4 is 15.7 Å². The average molecular weight is 211 g/mol. The summed E-state index contributed by atoms with van der Waals surface area (Å²) in [5.74, 6) is -1.03. The molecule has 5 heteroatoms. The fourth-order valence-corrected chi connectivity index (χ4v) is 1.94. The smallest absolute Gasteiger partial charge is 0.260 e. The zero-order valence-electron chi connectivity index (χ0n) is 7.30. The van der Waals surface area contributed by atoms with Crippen LogP contribution in [0.15, 0.2) is 46.7 Å². The molecule has 0 fully saturated rings. The summed E-state index contributed by atoms with van der Waals surface area (Å²) < 4.78 is 23.1. The molecule has 1 amide bonds. The lowest BCUT2D eigenvalue weighted by Crippen LogP contribution is -2.20. The molecule has 0 radical (unpaired) electrons. The summed E-state index contributed by atoms with van der Waals surface area (Å²) in [5.41, 5.74) is 4.84. The minimum atomic E-state index is -3.81. The SMILES string of the molecule is C=C(C(N)=O)S(=O)(=O)c1ccccc1. The van der Waals surface area contributed by atoms with Gasteiger partial charge in [-0.05, 0) is 12.1 Å². The van der Waals surface area contributed by atoms with Gasteiger partial charge in [0.15, 0.2) is 0 Å². The zero-order chi connectivity index (χ0) is 10.8. The number of benzene rings is 1. The highest BCUT2D eigenvalue weighted by atomic mass is 32.2. The van der Waals surface area contributed by atoms with Gasteiger partial charge in [0.1, 0.15) is 4.91 Å². The molecule has 0 saturated heterocycles. The second-order valence-electron chi connectivity index (χ2n) is 2.60. The van der Waals surface area contributed by atoms with E-state index < -0.39 is 20.6 Å². The first kappa shape index (κ1) is 10.5. The van der Waals surface area contributed by atoms with Gasteiger partial charge in [-0.2, -0.15) is 0 Å². The van der Waals surface area contributed by atoms with E-state index in [1.165, 1.54) is 12.1 Å². The Hall–Kier alpha value is -1.62. The van der Waals surface area contributed by atoms with Crippen LogP contribution in [0.25, 0.3) is 0 Å². The van der Waals surface area contributed by atoms with Crippen LogP contribution in [0.2, 0.25) is 0 Å². The van der Waals surface area contributed by atoms with Crippen LogP contribution in [-0.4, -0.2) is 14.3 Å². The highest BCUT2D eigenvalue weighted by Gasteiger charge is 2.22. The van der Waals surface area contributed by atoms with Crippen molar-refractivity contribution in [3.05, 3.63) is 41.8 Å². The fourth-order valence-electron chi connectivity index (χ4n) is 0.874. The first-order valence-electron chi connectivity index (χ1n) is 3.75. The second-order valence-corrected chi connectivity index (χ2v) is 4.57. The van der Waals surface area contributed by atoms with E-state index in [9.17, 15) is 13.2 Å². The van der Waals surface area contributed by atoms with Crippen LogP contribution in [-0.2, 0) is 14.6 Å². The molecule has 1 aromatic carbocycles. The lowest BCUT2D eigenvalue weighted by Gasteiger charge is -2.03. The van der Waals surface area contributed by atoms with E-state index in [1.807, 2.05) is 0 Å². The molecule has 0 heterocycles. The van der Waals surface area contributed by atoms with E-state index in [0.29, 0.717) is 0 Å². The van der Waals surface area contributed by atoms with Gasteiger partial charge in [-0.1, -0.05) is 24.8 Å². The molecule has 0 unspecified atom stereocenters. The van der Waals surface area contributed by atoms with Crippen molar-refractivity contribution in [1.29, 1.82) is 0 Å². The Morgan fingerprint density at radius 2 is 1.71 bits per heavy atom. The minimum absolute atomic E-state index is 0.0174. The Kier molecular flexibility index (Phi) is 2.71. The van der Waals surface area contributed by atoms with Gasteiger partial charge in [0.25, 0.3) is 5.91 Å². The molecule has 1 rings (SSSR count). The molecule has 14 heavy (non-hydrogen) atoms. The predicted molar refractivity (Wildman–Crippen MR) is 52.0 cm³/mol. The highest BCUT2D eigenvalue weighted by Crippen LogP contribution is 2.16. The van der Waals surface area contributed by atoms with Crippen molar-refractivity contribution in [3.63, 3.8) is 0 Å². The highest BCUT2D eigenvalue weighted by molar-refractivity contribution is 7.96. The molecule has 2 N–H and O–H groups in total. The molecule has 0 saturated carbocycles. The van der Waals surface area contributed by atoms with Crippen molar-refractivity contribution in [3.8, 4) is 0 Å². The minimum Gasteiger partial charge on any atom is -0.365 e. The van der Waals surface area contributed by atoms with Gasteiger partial charge in [0.2, 0.25) is 9.84 Å². The number of amides is 1. The quantitative estimate of drug-likeness (QED) is 0.738. The normalized spacial score (nSPS) is 10.9. The van der Waals surface area contributed by atoms with Crippen molar-refractivity contribution in [2.75, 3.05) is 0 Å². The third kappa shape index (κ3) is 1.82. The Morgan fingerprint density at radius 3 is 2.14 bits per heavy atom. The van der Waals surface area contributed by atoms with E-state index in [0.717, 1.165) is 0 Å².